The zero-order valence-electron chi connectivity index (χ0n) is 10.6. The quantitative estimate of drug-likeness (QED) is 0.694. The fourth-order valence-corrected chi connectivity index (χ4v) is 2.44. The summed E-state index contributed by atoms with van der Waals surface area (Å²) in [4.78, 5) is 0. The van der Waals surface area contributed by atoms with Gasteiger partial charge < -0.3 is 9.47 Å². The zero-order valence-corrected chi connectivity index (χ0v) is 10.6. The van der Waals surface area contributed by atoms with Gasteiger partial charge in [-0.2, -0.15) is 0 Å². The normalized spacial score (nSPS) is 21.7. The Kier molecular flexibility index (Phi) is 2.71. The van der Waals surface area contributed by atoms with E-state index >= 15 is 0 Å². The maximum absolute atomic E-state index is 5.84. The van der Waals surface area contributed by atoms with E-state index in [-0.39, 0.29) is 12.2 Å². The van der Waals surface area contributed by atoms with E-state index < -0.39 is 0 Å². The highest BCUT2D eigenvalue weighted by atomic mass is 16.7. The predicted octanol–water partition coefficient (Wildman–Crippen LogP) is 3.96. The Balaban J connectivity index is 2.17. The second kappa shape index (κ2) is 4.37. The number of rotatable bonds is 0. The highest BCUT2D eigenvalue weighted by Gasteiger charge is 2.22. The molecule has 0 bridgehead atoms. The van der Waals surface area contributed by atoms with Crippen LogP contribution in [0, 0.1) is 0 Å². The minimum atomic E-state index is -0.278. The molecule has 18 heavy (non-hydrogen) atoms. The molecule has 2 aromatic rings. The minimum Gasteiger partial charge on any atom is -0.455 e. The summed E-state index contributed by atoms with van der Waals surface area (Å²) in [6.45, 7) is 4.10. The van der Waals surface area contributed by atoms with Crippen molar-refractivity contribution < 1.29 is 9.47 Å². The lowest BCUT2D eigenvalue weighted by Gasteiger charge is -2.27. The summed E-state index contributed by atoms with van der Waals surface area (Å²) >= 11 is 0. The van der Waals surface area contributed by atoms with Crippen LogP contribution in [0.1, 0.15) is 30.9 Å². The van der Waals surface area contributed by atoms with Gasteiger partial charge in [-0.25, -0.2) is 0 Å². The Labute approximate surface area is 107 Å². The van der Waals surface area contributed by atoms with E-state index in [1.165, 1.54) is 11.1 Å². The van der Waals surface area contributed by atoms with Crippen LogP contribution in [-0.4, -0.2) is 6.29 Å². The van der Waals surface area contributed by atoms with Crippen LogP contribution in [0.3, 0.4) is 0 Å². The number of hydrogen-bond acceptors (Lipinski definition) is 2. The maximum Gasteiger partial charge on any atom is 0.238 e. The summed E-state index contributed by atoms with van der Waals surface area (Å²) in [7, 11) is 0. The fraction of sp³-hybridized carbons (Fsp3) is 0.250. The molecular weight excluding hydrogens is 224 g/mol. The molecule has 92 valence electrons. The third-order valence-electron chi connectivity index (χ3n) is 3.36. The van der Waals surface area contributed by atoms with Gasteiger partial charge in [0.05, 0.1) is 0 Å². The lowest BCUT2D eigenvalue weighted by molar-refractivity contribution is 0.0183. The molecule has 0 unspecified atom stereocenters. The van der Waals surface area contributed by atoms with Gasteiger partial charge in [0.15, 0.2) is 0 Å². The van der Waals surface area contributed by atoms with Gasteiger partial charge in [-0.05, 0) is 12.1 Å². The van der Waals surface area contributed by atoms with Crippen molar-refractivity contribution in [1.82, 2.24) is 0 Å². The Morgan fingerprint density at radius 1 is 0.722 bits per heavy atom. The molecule has 0 amide bonds. The standard InChI is InChI=1S/C16H16O2/c1-11-13-7-3-5-9-15(13)17-12(2)18-16-10-6-4-8-14(11)16/h3-12H,1-2H3. The third kappa shape index (κ3) is 1.84. The number of ether oxygens (including phenoxy) is 2. The Morgan fingerprint density at radius 3 is 1.67 bits per heavy atom. The monoisotopic (exact) mass is 240 g/mol. The summed E-state index contributed by atoms with van der Waals surface area (Å²) < 4.78 is 11.7. The Bertz CT molecular complexity index is 513. The van der Waals surface area contributed by atoms with Gasteiger partial charge in [-0.15, -0.1) is 0 Å². The van der Waals surface area contributed by atoms with Gasteiger partial charge in [0.25, 0.3) is 0 Å². The first-order valence-corrected chi connectivity index (χ1v) is 6.27. The summed E-state index contributed by atoms with van der Waals surface area (Å²) in [6.07, 6.45) is -0.278. The number of para-hydroxylation sites is 2. The number of fused-ring (bicyclic) bond motifs is 2. The predicted molar refractivity (Wildman–Crippen MR) is 71.1 cm³/mol. The highest BCUT2D eigenvalue weighted by molar-refractivity contribution is 5.47. The second-order valence-corrected chi connectivity index (χ2v) is 4.60. The van der Waals surface area contributed by atoms with Gasteiger partial charge >= 0.3 is 0 Å². The molecule has 0 fully saturated rings. The molecule has 0 N–H and O–H groups in total. The van der Waals surface area contributed by atoms with Gasteiger partial charge in [0.1, 0.15) is 11.5 Å². The van der Waals surface area contributed by atoms with E-state index in [4.69, 9.17) is 9.47 Å². The van der Waals surface area contributed by atoms with Crippen LogP contribution >= 0.6 is 0 Å². The first-order valence-electron chi connectivity index (χ1n) is 6.27. The summed E-state index contributed by atoms with van der Waals surface area (Å²) in [6, 6.07) is 16.3. The lowest BCUT2D eigenvalue weighted by Crippen LogP contribution is -2.23. The molecule has 0 saturated carbocycles. The van der Waals surface area contributed by atoms with Crippen LogP contribution in [0.25, 0.3) is 0 Å². The number of benzene rings is 2. The van der Waals surface area contributed by atoms with E-state index in [0.717, 1.165) is 11.5 Å². The van der Waals surface area contributed by atoms with Crippen LogP contribution in [0.15, 0.2) is 48.5 Å². The van der Waals surface area contributed by atoms with Crippen molar-refractivity contribution in [2.45, 2.75) is 26.1 Å². The van der Waals surface area contributed by atoms with E-state index in [1.807, 2.05) is 31.2 Å². The van der Waals surface area contributed by atoms with Crippen molar-refractivity contribution in [1.29, 1.82) is 0 Å². The molecule has 0 spiro atoms. The molecule has 1 aliphatic rings. The minimum absolute atomic E-state index is 0.268. The average molecular weight is 240 g/mol. The van der Waals surface area contributed by atoms with Crippen molar-refractivity contribution in [2.75, 3.05) is 0 Å². The molecule has 0 radical (unpaired) electrons. The zero-order chi connectivity index (χ0) is 12.5. The average Bonchev–Trinajstić information content (AvgIpc) is 2.38. The van der Waals surface area contributed by atoms with E-state index in [0.29, 0.717) is 0 Å². The first-order chi connectivity index (χ1) is 8.75. The summed E-state index contributed by atoms with van der Waals surface area (Å²) in [5.41, 5.74) is 2.42. The molecule has 3 rings (SSSR count). The SMILES string of the molecule is CC1Oc2ccccc2C(C)c2ccccc2O1. The van der Waals surface area contributed by atoms with Crippen molar-refractivity contribution in [3.8, 4) is 11.5 Å². The fourth-order valence-electron chi connectivity index (χ4n) is 2.44. The van der Waals surface area contributed by atoms with Crippen molar-refractivity contribution in [3.63, 3.8) is 0 Å². The molecule has 2 aromatic carbocycles. The molecule has 0 saturated heterocycles. The molecular formula is C16H16O2. The largest absolute Gasteiger partial charge is 0.455 e. The van der Waals surface area contributed by atoms with Crippen molar-refractivity contribution in [2.24, 2.45) is 0 Å². The molecule has 0 aromatic heterocycles. The number of hydrogen-bond donors (Lipinski definition) is 0. The van der Waals surface area contributed by atoms with Gasteiger partial charge in [0.2, 0.25) is 6.29 Å². The van der Waals surface area contributed by atoms with Crippen LogP contribution in [-0.2, 0) is 0 Å². The summed E-state index contributed by atoms with van der Waals surface area (Å²) in [5.74, 6) is 2.09. The van der Waals surface area contributed by atoms with Crippen LogP contribution in [0.4, 0.5) is 0 Å². The third-order valence-corrected chi connectivity index (χ3v) is 3.36. The van der Waals surface area contributed by atoms with Crippen molar-refractivity contribution >= 4 is 0 Å². The molecule has 0 aliphatic carbocycles. The second-order valence-electron chi connectivity index (χ2n) is 4.60. The van der Waals surface area contributed by atoms with Gasteiger partial charge in [-0.1, -0.05) is 43.3 Å². The topological polar surface area (TPSA) is 18.5 Å². The molecule has 1 heterocycles. The summed E-state index contributed by atoms with van der Waals surface area (Å²) in [5, 5.41) is 0. The lowest BCUT2D eigenvalue weighted by atomic mass is 9.91. The van der Waals surface area contributed by atoms with E-state index in [2.05, 4.69) is 31.2 Å². The molecule has 0 atom stereocenters. The van der Waals surface area contributed by atoms with Crippen LogP contribution in [0.5, 0.6) is 11.5 Å². The van der Waals surface area contributed by atoms with Crippen LogP contribution < -0.4 is 9.47 Å². The maximum atomic E-state index is 5.84. The highest BCUT2D eigenvalue weighted by Crippen LogP contribution is 2.38. The van der Waals surface area contributed by atoms with Crippen LogP contribution in [0.2, 0.25) is 0 Å². The first kappa shape index (κ1) is 11.1. The molecule has 2 nitrogen and oxygen atoms in total. The van der Waals surface area contributed by atoms with Crippen molar-refractivity contribution in [3.05, 3.63) is 59.7 Å². The van der Waals surface area contributed by atoms with Gasteiger partial charge in [-0.3, -0.25) is 0 Å². The Hall–Kier alpha value is -1.96. The Morgan fingerprint density at radius 2 is 1.17 bits per heavy atom. The molecule has 2 heteroatoms. The van der Waals surface area contributed by atoms with E-state index in [9.17, 15) is 0 Å². The van der Waals surface area contributed by atoms with E-state index in [1.54, 1.807) is 0 Å². The van der Waals surface area contributed by atoms with Gasteiger partial charge in [0, 0.05) is 24.0 Å². The molecule has 1 aliphatic heterocycles. The smallest absolute Gasteiger partial charge is 0.238 e.